The van der Waals surface area contributed by atoms with Gasteiger partial charge in [-0.25, -0.2) is 4.98 Å². The summed E-state index contributed by atoms with van der Waals surface area (Å²) in [5, 5.41) is 0.546. The summed E-state index contributed by atoms with van der Waals surface area (Å²) in [4.78, 5) is 4.60. The van der Waals surface area contributed by atoms with Crippen LogP contribution in [-0.2, 0) is 0 Å². The third-order valence-electron chi connectivity index (χ3n) is 3.98. The molecule has 3 nitrogen and oxygen atoms in total. The highest BCUT2D eigenvalue weighted by molar-refractivity contribution is 6.33. The molecule has 0 radical (unpaired) electrons. The van der Waals surface area contributed by atoms with Crippen LogP contribution in [0.2, 0.25) is 5.02 Å². The summed E-state index contributed by atoms with van der Waals surface area (Å²) in [6.07, 6.45) is 8.92. The monoisotopic (exact) mass is 278 g/mol. The van der Waals surface area contributed by atoms with Gasteiger partial charge >= 0.3 is 0 Å². The fourth-order valence-electron chi connectivity index (χ4n) is 2.86. The Hall–Kier alpha value is -1.22. The molecular weight excluding hydrogens is 260 g/mol. The molecule has 1 heterocycles. The molecule has 1 aromatic carbocycles. The van der Waals surface area contributed by atoms with E-state index in [9.17, 15) is 0 Å². The molecule has 1 aliphatic carbocycles. The van der Waals surface area contributed by atoms with E-state index in [1.54, 1.807) is 12.1 Å². The molecule has 0 atom stereocenters. The van der Waals surface area contributed by atoms with Crippen LogP contribution < -0.4 is 5.73 Å². The third-order valence-corrected chi connectivity index (χ3v) is 4.31. The molecule has 1 aliphatic rings. The second kappa shape index (κ2) is 5.41. The SMILES string of the molecule is Nc1cc2oc(C3CCCCCCC3)nc2cc1Cl. The molecule has 2 aromatic rings. The molecule has 1 fully saturated rings. The molecule has 3 rings (SSSR count). The maximum Gasteiger partial charge on any atom is 0.198 e. The molecule has 2 N–H and O–H groups in total. The Morgan fingerprint density at radius 1 is 1.11 bits per heavy atom. The van der Waals surface area contributed by atoms with Gasteiger partial charge in [-0.15, -0.1) is 0 Å². The summed E-state index contributed by atoms with van der Waals surface area (Å²) in [5.41, 5.74) is 7.92. The number of oxazole rings is 1. The van der Waals surface area contributed by atoms with Crippen molar-refractivity contribution >= 4 is 28.4 Å². The highest BCUT2D eigenvalue weighted by atomic mass is 35.5. The zero-order chi connectivity index (χ0) is 13.2. The lowest BCUT2D eigenvalue weighted by Gasteiger charge is -2.16. The molecule has 4 heteroatoms. The molecule has 0 spiro atoms. The molecule has 0 saturated heterocycles. The van der Waals surface area contributed by atoms with Crippen molar-refractivity contribution in [2.45, 2.75) is 50.9 Å². The van der Waals surface area contributed by atoms with Crippen molar-refractivity contribution in [3.8, 4) is 0 Å². The number of rotatable bonds is 1. The first-order valence-electron chi connectivity index (χ1n) is 7.09. The molecular formula is C15H19ClN2O. The maximum absolute atomic E-state index is 6.02. The predicted molar refractivity (Wildman–Crippen MR) is 78.5 cm³/mol. The van der Waals surface area contributed by atoms with Crippen LogP contribution in [0.15, 0.2) is 16.5 Å². The highest BCUT2D eigenvalue weighted by Gasteiger charge is 2.19. The quantitative estimate of drug-likeness (QED) is 0.756. The number of anilines is 1. The number of nitrogens with two attached hydrogens (primary N) is 1. The van der Waals surface area contributed by atoms with Crippen molar-refractivity contribution < 1.29 is 4.42 Å². The van der Waals surface area contributed by atoms with E-state index in [1.807, 2.05) is 0 Å². The second-order valence-electron chi connectivity index (χ2n) is 5.44. The summed E-state index contributed by atoms with van der Waals surface area (Å²) in [6, 6.07) is 3.57. The number of aromatic nitrogens is 1. The maximum atomic E-state index is 6.02. The van der Waals surface area contributed by atoms with Gasteiger partial charge < -0.3 is 10.2 Å². The van der Waals surface area contributed by atoms with E-state index in [4.69, 9.17) is 21.8 Å². The van der Waals surface area contributed by atoms with Crippen molar-refractivity contribution in [2.75, 3.05) is 5.73 Å². The standard InChI is InChI=1S/C15H19ClN2O/c16-11-8-13-14(9-12(11)17)19-15(18-13)10-6-4-2-1-3-5-7-10/h8-10H,1-7,17H2. The van der Waals surface area contributed by atoms with Gasteiger partial charge in [-0.3, -0.25) is 0 Å². The number of nitrogen functional groups attached to an aromatic ring is 1. The smallest absolute Gasteiger partial charge is 0.198 e. The van der Waals surface area contributed by atoms with Gasteiger partial charge in [0.1, 0.15) is 5.52 Å². The van der Waals surface area contributed by atoms with Crippen LogP contribution in [0.5, 0.6) is 0 Å². The average molecular weight is 279 g/mol. The van der Waals surface area contributed by atoms with E-state index in [0.717, 1.165) is 17.0 Å². The second-order valence-corrected chi connectivity index (χ2v) is 5.84. The van der Waals surface area contributed by atoms with Crippen LogP contribution in [0.1, 0.15) is 56.8 Å². The Balaban J connectivity index is 1.91. The number of hydrogen-bond acceptors (Lipinski definition) is 3. The van der Waals surface area contributed by atoms with Gasteiger partial charge in [0, 0.05) is 12.0 Å². The Bertz CT molecular complexity index is 532. The van der Waals surface area contributed by atoms with Crippen LogP contribution in [-0.4, -0.2) is 4.98 Å². The van der Waals surface area contributed by atoms with Crippen LogP contribution in [0.3, 0.4) is 0 Å². The number of halogens is 1. The molecule has 0 aliphatic heterocycles. The van der Waals surface area contributed by atoms with Crippen LogP contribution in [0.4, 0.5) is 5.69 Å². The lowest BCUT2D eigenvalue weighted by Crippen LogP contribution is -2.02. The molecule has 0 unspecified atom stereocenters. The molecule has 102 valence electrons. The van der Waals surface area contributed by atoms with Gasteiger partial charge in [0.2, 0.25) is 0 Å². The Kier molecular flexibility index (Phi) is 3.65. The average Bonchev–Trinajstić information content (AvgIpc) is 2.72. The lowest BCUT2D eigenvalue weighted by atomic mass is 9.91. The van der Waals surface area contributed by atoms with E-state index in [1.165, 1.54) is 44.9 Å². The Morgan fingerprint density at radius 3 is 2.53 bits per heavy atom. The van der Waals surface area contributed by atoms with Crippen molar-refractivity contribution in [2.24, 2.45) is 0 Å². The minimum Gasteiger partial charge on any atom is -0.440 e. The van der Waals surface area contributed by atoms with Gasteiger partial charge in [-0.05, 0) is 18.9 Å². The van der Waals surface area contributed by atoms with Gasteiger partial charge in [0.05, 0.1) is 10.7 Å². The van der Waals surface area contributed by atoms with Crippen LogP contribution >= 0.6 is 11.6 Å². The zero-order valence-electron chi connectivity index (χ0n) is 11.0. The predicted octanol–water partition coefficient (Wildman–Crippen LogP) is 4.89. The number of benzene rings is 1. The summed E-state index contributed by atoms with van der Waals surface area (Å²) >= 11 is 6.02. The van der Waals surface area contributed by atoms with Crippen LogP contribution in [0.25, 0.3) is 11.1 Å². The fraction of sp³-hybridized carbons (Fsp3) is 0.533. The summed E-state index contributed by atoms with van der Waals surface area (Å²) in [7, 11) is 0. The first-order chi connectivity index (χ1) is 9.24. The first-order valence-corrected chi connectivity index (χ1v) is 7.47. The van der Waals surface area contributed by atoms with E-state index >= 15 is 0 Å². The van der Waals surface area contributed by atoms with Crippen molar-refractivity contribution in [3.63, 3.8) is 0 Å². The molecule has 1 saturated carbocycles. The number of fused-ring (bicyclic) bond motifs is 1. The van der Waals surface area contributed by atoms with E-state index < -0.39 is 0 Å². The van der Waals surface area contributed by atoms with Gasteiger partial charge in [0.15, 0.2) is 11.5 Å². The highest BCUT2D eigenvalue weighted by Crippen LogP contribution is 2.34. The van der Waals surface area contributed by atoms with Gasteiger partial charge in [-0.1, -0.05) is 43.7 Å². The molecule has 19 heavy (non-hydrogen) atoms. The third kappa shape index (κ3) is 2.71. The van der Waals surface area contributed by atoms with Crippen molar-refractivity contribution in [1.29, 1.82) is 0 Å². The molecule has 0 bridgehead atoms. The Labute approximate surface area is 118 Å². The van der Waals surface area contributed by atoms with Crippen molar-refractivity contribution in [3.05, 3.63) is 23.0 Å². The van der Waals surface area contributed by atoms with Gasteiger partial charge in [-0.2, -0.15) is 0 Å². The number of hydrogen-bond donors (Lipinski definition) is 1. The largest absolute Gasteiger partial charge is 0.440 e. The van der Waals surface area contributed by atoms with E-state index in [-0.39, 0.29) is 0 Å². The Morgan fingerprint density at radius 2 is 1.79 bits per heavy atom. The van der Waals surface area contributed by atoms with Gasteiger partial charge in [0.25, 0.3) is 0 Å². The normalized spacial score (nSPS) is 18.4. The zero-order valence-corrected chi connectivity index (χ0v) is 11.7. The molecule has 0 amide bonds. The lowest BCUT2D eigenvalue weighted by molar-refractivity contribution is 0.387. The first kappa shape index (κ1) is 12.8. The summed E-state index contributed by atoms with van der Waals surface area (Å²) < 4.78 is 5.89. The minimum absolute atomic E-state index is 0.452. The summed E-state index contributed by atoms with van der Waals surface area (Å²) in [5.74, 6) is 1.31. The minimum atomic E-state index is 0.452. The number of nitrogens with zero attached hydrogens (tertiary/aromatic N) is 1. The van der Waals surface area contributed by atoms with Crippen LogP contribution in [0, 0.1) is 0 Å². The summed E-state index contributed by atoms with van der Waals surface area (Å²) in [6.45, 7) is 0. The fourth-order valence-corrected chi connectivity index (χ4v) is 3.02. The topological polar surface area (TPSA) is 52.0 Å². The van der Waals surface area contributed by atoms with E-state index in [2.05, 4.69) is 4.98 Å². The molecule has 1 aromatic heterocycles. The van der Waals surface area contributed by atoms with E-state index in [0.29, 0.717) is 16.6 Å². The van der Waals surface area contributed by atoms with Crippen molar-refractivity contribution in [1.82, 2.24) is 4.98 Å².